The van der Waals surface area contributed by atoms with E-state index in [-0.39, 0.29) is 24.5 Å². The van der Waals surface area contributed by atoms with Gasteiger partial charge in [-0.15, -0.1) is 0 Å². The maximum absolute atomic E-state index is 11.7. The largest absolute Gasteiger partial charge is 0.368 e. The van der Waals surface area contributed by atoms with Gasteiger partial charge in [0.2, 0.25) is 11.8 Å². The first-order valence-corrected chi connectivity index (χ1v) is 6.87. The van der Waals surface area contributed by atoms with E-state index in [1.165, 1.54) is 0 Å². The van der Waals surface area contributed by atoms with Crippen molar-refractivity contribution in [1.82, 2.24) is 10.6 Å². The quantitative estimate of drug-likeness (QED) is 0.840. The van der Waals surface area contributed by atoms with E-state index in [1.54, 1.807) is 0 Å². The fourth-order valence-electron chi connectivity index (χ4n) is 2.15. The van der Waals surface area contributed by atoms with Crippen molar-refractivity contribution in [2.24, 2.45) is 0 Å². The number of nitrogens with one attached hydrogen (secondary N) is 2. The van der Waals surface area contributed by atoms with Crippen molar-refractivity contribution in [3.63, 3.8) is 0 Å². The standard InChI is InChI=1S/C15H20N2O3/c1-11-4-2-5-12(8-11)9-16-14(18)10-17-15(19)13-6-3-7-20-13/h2,4-5,8,13H,3,6-7,9-10H2,1H3,(H,16,18)(H,17,19). The number of hydrogen-bond acceptors (Lipinski definition) is 3. The molecule has 1 aliphatic heterocycles. The SMILES string of the molecule is Cc1cccc(CNC(=O)CNC(=O)C2CCCO2)c1. The molecule has 2 amide bonds. The number of benzene rings is 1. The minimum Gasteiger partial charge on any atom is -0.368 e. The lowest BCUT2D eigenvalue weighted by Gasteiger charge is -2.10. The highest BCUT2D eigenvalue weighted by Gasteiger charge is 2.23. The number of carbonyl (C=O) groups is 2. The number of aryl methyl sites for hydroxylation is 1. The minimum atomic E-state index is -0.389. The van der Waals surface area contributed by atoms with Crippen molar-refractivity contribution in [3.05, 3.63) is 35.4 Å². The van der Waals surface area contributed by atoms with Gasteiger partial charge in [-0.3, -0.25) is 9.59 Å². The molecule has 1 aromatic rings. The molecule has 5 nitrogen and oxygen atoms in total. The fourth-order valence-corrected chi connectivity index (χ4v) is 2.15. The summed E-state index contributed by atoms with van der Waals surface area (Å²) in [6.07, 6.45) is 1.24. The highest BCUT2D eigenvalue weighted by atomic mass is 16.5. The van der Waals surface area contributed by atoms with E-state index < -0.39 is 0 Å². The van der Waals surface area contributed by atoms with Crippen molar-refractivity contribution in [1.29, 1.82) is 0 Å². The monoisotopic (exact) mass is 276 g/mol. The highest BCUT2D eigenvalue weighted by molar-refractivity contribution is 5.86. The minimum absolute atomic E-state index is 0.00942. The molecule has 1 unspecified atom stereocenters. The lowest BCUT2D eigenvalue weighted by atomic mass is 10.1. The molecule has 1 heterocycles. The molecule has 1 aliphatic rings. The zero-order valence-electron chi connectivity index (χ0n) is 11.6. The maximum Gasteiger partial charge on any atom is 0.249 e. The first kappa shape index (κ1) is 14.5. The van der Waals surface area contributed by atoms with Gasteiger partial charge < -0.3 is 15.4 Å². The summed E-state index contributed by atoms with van der Waals surface area (Å²) in [5, 5.41) is 5.37. The Hall–Kier alpha value is -1.88. The third-order valence-corrected chi connectivity index (χ3v) is 3.22. The van der Waals surface area contributed by atoms with Crippen molar-refractivity contribution >= 4 is 11.8 Å². The van der Waals surface area contributed by atoms with Gasteiger partial charge in [0.05, 0.1) is 6.54 Å². The zero-order chi connectivity index (χ0) is 14.4. The maximum atomic E-state index is 11.7. The van der Waals surface area contributed by atoms with Gasteiger partial charge in [0.1, 0.15) is 6.10 Å². The Balaban J connectivity index is 1.69. The zero-order valence-corrected chi connectivity index (χ0v) is 11.6. The van der Waals surface area contributed by atoms with E-state index in [1.807, 2.05) is 31.2 Å². The van der Waals surface area contributed by atoms with Crippen LogP contribution >= 0.6 is 0 Å². The fraction of sp³-hybridized carbons (Fsp3) is 0.467. The van der Waals surface area contributed by atoms with E-state index in [0.29, 0.717) is 13.2 Å². The van der Waals surface area contributed by atoms with E-state index in [0.717, 1.165) is 24.0 Å². The van der Waals surface area contributed by atoms with Crippen LogP contribution in [0.3, 0.4) is 0 Å². The number of hydrogen-bond donors (Lipinski definition) is 2. The molecular weight excluding hydrogens is 256 g/mol. The Morgan fingerprint density at radius 1 is 1.35 bits per heavy atom. The number of ether oxygens (including phenoxy) is 1. The van der Waals surface area contributed by atoms with Crippen molar-refractivity contribution in [3.8, 4) is 0 Å². The predicted octanol–water partition coefficient (Wildman–Crippen LogP) is 0.906. The summed E-state index contributed by atoms with van der Waals surface area (Å²) in [6.45, 7) is 3.09. The molecule has 0 aliphatic carbocycles. The molecule has 1 saturated heterocycles. The second-order valence-electron chi connectivity index (χ2n) is 4.99. The molecule has 2 N–H and O–H groups in total. The second-order valence-corrected chi connectivity index (χ2v) is 4.99. The van der Waals surface area contributed by atoms with Crippen LogP contribution in [0.4, 0.5) is 0 Å². The van der Waals surface area contributed by atoms with Crippen LogP contribution in [0.25, 0.3) is 0 Å². The van der Waals surface area contributed by atoms with Crippen molar-refractivity contribution in [2.45, 2.75) is 32.4 Å². The van der Waals surface area contributed by atoms with Crippen molar-refractivity contribution < 1.29 is 14.3 Å². The average molecular weight is 276 g/mol. The molecule has 5 heteroatoms. The van der Waals surface area contributed by atoms with Gasteiger partial charge in [0.25, 0.3) is 0 Å². The molecule has 0 aromatic heterocycles. The highest BCUT2D eigenvalue weighted by Crippen LogP contribution is 2.11. The van der Waals surface area contributed by atoms with Gasteiger partial charge >= 0.3 is 0 Å². The van der Waals surface area contributed by atoms with Crippen LogP contribution in [0.1, 0.15) is 24.0 Å². The summed E-state index contributed by atoms with van der Waals surface area (Å²) in [4.78, 5) is 23.3. The van der Waals surface area contributed by atoms with Crippen LogP contribution in [-0.2, 0) is 20.9 Å². The summed E-state index contributed by atoms with van der Waals surface area (Å²) >= 11 is 0. The number of rotatable bonds is 5. The Morgan fingerprint density at radius 3 is 2.90 bits per heavy atom. The molecule has 0 saturated carbocycles. The lowest BCUT2D eigenvalue weighted by molar-refractivity contribution is -0.132. The van der Waals surface area contributed by atoms with Gasteiger partial charge in [0, 0.05) is 13.2 Å². The third-order valence-electron chi connectivity index (χ3n) is 3.22. The summed E-state index contributed by atoms with van der Waals surface area (Å²) in [5.41, 5.74) is 2.20. The van der Waals surface area contributed by atoms with Crippen LogP contribution in [0.2, 0.25) is 0 Å². The first-order chi connectivity index (χ1) is 9.65. The lowest BCUT2D eigenvalue weighted by Crippen LogP contribution is -2.41. The predicted molar refractivity (Wildman–Crippen MR) is 75.0 cm³/mol. The normalized spacial score (nSPS) is 17.8. The van der Waals surface area contributed by atoms with E-state index in [2.05, 4.69) is 10.6 Å². The molecule has 108 valence electrons. The van der Waals surface area contributed by atoms with Gasteiger partial charge in [-0.05, 0) is 25.3 Å². The van der Waals surface area contributed by atoms with Gasteiger partial charge in [-0.25, -0.2) is 0 Å². The van der Waals surface area contributed by atoms with Gasteiger partial charge in [-0.1, -0.05) is 29.8 Å². The van der Waals surface area contributed by atoms with Gasteiger partial charge in [-0.2, -0.15) is 0 Å². The smallest absolute Gasteiger partial charge is 0.249 e. The summed E-state index contributed by atoms with van der Waals surface area (Å²) < 4.78 is 5.25. The molecule has 20 heavy (non-hydrogen) atoms. The molecule has 1 atom stereocenters. The van der Waals surface area contributed by atoms with E-state index >= 15 is 0 Å². The molecule has 0 bridgehead atoms. The van der Waals surface area contributed by atoms with Crippen LogP contribution in [-0.4, -0.2) is 31.1 Å². The topological polar surface area (TPSA) is 67.4 Å². The molecule has 0 spiro atoms. The molecule has 2 rings (SSSR count). The number of carbonyl (C=O) groups excluding carboxylic acids is 2. The Labute approximate surface area is 118 Å². The molecule has 1 fully saturated rings. The summed E-state index contributed by atoms with van der Waals surface area (Å²) in [5.74, 6) is -0.397. The second kappa shape index (κ2) is 7.05. The van der Waals surface area contributed by atoms with Crippen LogP contribution in [0.15, 0.2) is 24.3 Å². The molecule has 0 radical (unpaired) electrons. The van der Waals surface area contributed by atoms with E-state index in [9.17, 15) is 9.59 Å². The number of amides is 2. The third kappa shape index (κ3) is 4.35. The first-order valence-electron chi connectivity index (χ1n) is 6.87. The van der Waals surface area contributed by atoms with Gasteiger partial charge in [0.15, 0.2) is 0 Å². The Kier molecular flexibility index (Phi) is 5.12. The molecule has 1 aromatic carbocycles. The summed E-state index contributed by atoms with van der Waals surface area (Å²) in [7, 11) is 0. The van der Waals surface area contributed by atoms with Crippen LogP contribution in [0, 0.1) is 6.92 Å². The average Bonchev–Trinajstić information content (AvgIpc) is 2.97. The Bertz CT molecular complexity index is 482. The van der Waals surface area contributed by atoms with Crippen LogP contribution in [0.5, 0.6) is 0 Å². The van der Waals surface area contributed by atoms with Crippen molar-refractivity contribution in [2.75, 3.05) is 13.2 Å². The Morgan fingerprint density at radius 2 is 2.20 bits per heavy atom. The van der Waals surface area contributed by atoms with E-state index in [4.69, 9.17) is 4.74 Å². The molecular formula is C15H20N2O3. The summed E-state index contributed by atoms with van der Waals surface area (Å²) in [6, 6.07) is 7.94. The van der Waals surface area contributed by atoms with Crippen LogP contribution < -0.4 is 10.6 Å².